The Morgan fingerprint density at radius 2 is 2.10 bits per heavy atom. The Morgan fingerprint density at radius 1 is 1.19 bits per heavy atom. The van der Waals surface area contributed by atoms with Gasteiger partial charge in [-0.05, 0) is 24.1 Å². The van der Waals surface area contributed by atoms with Crippen LogP contribution in [0.25, 0.3) is 5.78 Å². The third-order valence-electron chi connectivity index (χ3n) is 5.77. The van der Waals surface area contributed by atoms with Crippen LogP contribution in [0.1, 0.15) is 16.1 Å². The number of ether oxygens (including phenoxy) is 1. The highest BCUT2D eigenvalue weighted by molar-refractivity contribution is 5.93. The average molecular weight is 420 g/mol. The molecule has 2 aliphatic heterocycles. The van der Waals surface area contributed by atoms with Gasteiger partial charge in [-0.1, -0.05) is 18.2 Å². The average Bonchev–Trinajstić information content (AvgIpc) is 3.43. The predicted molar refractivity (Wildman–Crippen MR) is 114 cm³/mol. The summed E-state index contributed by atoms with van der Waals surface area (Å²) >= 11 is 0. The highest BCUT2D eigenvalue weighted by Gasteiger charge is 2.31. The Labute approximate surface area is 179 Å². The van der Waals surface area contributed by atoms with Gasteiger partial charge in [0.1, 0.15) is 5.69 Å². The number of rotatable bonds is 5. The molecule has 0 radical (unpaired) electrons. The van der Waals surface area contributed by atoms with E-state index in [0.717, 1.165) is 19.5 Å². The Kier molecular flexibility index (Phi) is 5.25. The molecule has 1 saturated heterocycles. The van der Waals surface area contributed by atoms with Crippen molar-refractivity contribution in [3.63, 3.8) is 0 Å². The van der Waals surface area contributed by atoms with Gasteiger partial charge >= 0.3 is 0 Å². The fraction of sp³-hybridized carbons (Fsp3) is 0.364. The van der Waals surface area contributed by atoms with E-state index in [9.17, 15) is 9.59 Å². The first kappa shape index (κ1) is 19.5. The summed E-state index contributed by atoms with van der Waals surface area (Å²) in [7, 11) is 0. The maximum atomic E-state index is 12.9. The highest BCUT2D eigenvalue weighted by Crippen LogP contribution is 2.26. The molecule has 2 aliphatic rings. The first-order chi connectivity index (χ1) is 15.2. The van der Waals surface area contributed by atoms with Gasteiger partial charge in [-0.3, -0.25) is 14.0 Å². The van der Waals surface area contributed by atoms with Gasteiger partial charge in [0.05, 0.1) is 13.2 Å². The molecule has 0 saturated carbocycles. The number of benzene rings is 1. The zero-order chi connectivity index (χ0) is 21.2. The van der Waals surface area contributed by atoms with E-state index in [1.807, 2.05) is 6.07 Å². The molecule has 9 nitrogen and oxygen atoms in total. The summed E-state index contributed by atoms with van der Waals surface area (Å²) < 4.78 is 7.34. The third-order valence-corrected chi connectivity index (χ3v) is 5.77. The Balaban J connectivity index is 1.15. The third kappa shape index (κ3) is 3.96. The van der Waals surface area contributed by atoms with E-state index in [0.29, 0.717) is 31.2 Å². The maximum absolute atomic E-state index is 12.9. The normalized spacial score (nSPS) is 18.3. The van der Waals surface area contributed by atoms with Gasteiger partial charge in [0.15, 0.2) is 6.10 Å². The van der Waals surface area contributed by atoms with Gasteiger partial charge in [0.25, 0.3) is 11.8 Å². The number of hydrogen-bond donors (Lipinski definition) is 1. The molecule has 4 heterocycles. The maximum Gasteiger partial charge on any atom is 0.274 e. The van der Waals surface area contributed by atoms with Crippen LogP contribution in [-0.2, 0) is 16.0 Å². The fourth-order valence-electron chi connectivity index (χ4n) is 4.15. The lowest BCUT2D eigenvalue weighted by molar-refractivity contribution is -0.137. The second-order valence-electron chi connectivity index (χ2n) is 7.72. The van der Waals surface area contributed by atoms with Crippen molar-refractivity contribution >= 4 is 23.3 Å². The first-order valence-corrected chi connectivity index (χ1v) is 10.5. The van der Waals surface area contributed by atoms with Crippen LogP contribution in [0.4, 0.5) is 5.69 Å². The molecule has 31 heavy (non-hydrogen) atoms. The van der Waals surface area contributed by atoms with Crippen molar-refractivity contribution in [2.45, 2.75) is 12.5 Å². The van der Waals surface area contributed by atoms with E-state index >= 15 is 0 Å². The molecule has 1 atom stereocenters. The summed E-state index contributed by atoms with van der Waals surface area (Å²) in [6.45, 7) is 3.18. The zero-order valence-corrected chi connectivity index (χ0v) is 17.1. The molecule has 0 spiro atoms. The first-order valence-electron chi connectivity index (χ1n) is 10.5. The molecule has 2 amide bonds. The van der Waals surface area contributed by atoms with Crippen LogP contribution in [-0.4, -0.2) is 76.5 Å². The fourth-order valence-corrected chi connectivity index (χ4v) is 4.15. The summed E-state index contributed by atoms with van der Waals surface area (Å²) in [5, 5.41) is 2.96. The van der Waals surface area contributed by atoms with Crippen LogP contribution in [0.15, 0.2) is 48.9 Å². The zero-order valence-electron chi connectivity index (χ0n) is 17.1. The number of nitrogens with one attached hydrogen (secondary N) is 1. The van der Waals surface area contributed by atoms with Gasteiger partial charge < -0.3 is 19.9 Å². The minimum atomic E-state index is -0.682. The van der Waals surface area contributed by atoms with Gasteiger partial charge in [-0.25, -0.2) is 9.97 Å². The van der Waals surface area contributed by atoms with Crippen molar-refractivity contribution in [1.82, 2.24) is 24.6 Å². The van der Waals surface area contributed by atoms with Crippen LogP contribution < -0.4 is 10.2 Å². The largest absolute Gasteiger partial charge is 0.369 e. The van der Waals surface area contributed by atoms with E-state index in [1.54, 1.807) is 34.0 Å². The lowest BCUT2D eigenvalue weighted by atomic mass is 10.2. The number of imidazole rings is 1. The number of nitrogens with zero attached hydrogens (tertiary/aromatic N) is 5. The predicted octanol–water partition coefficient (Wildman–Crippen LogP) is 0.749. The van der Waals surface area contributed by atoms with Crippen molar-refractivity contribution in [2.24, 2.45) is 0 Å². The standard InChI is InChI=1S/C22H24N6O3/c29-20(23-8-11-26-10-6-16-4-1-2-5-18(16)26)19-15-27(12-13-31-19)21(30)17-14-28-9-3-7-24-22(28)25-17/h1-5,7,9,14,19H,6,8,10-13,15H2,(H,23,29). The molecule has 1 aromatic carbocycles. The number of para-hydroxylation sites is 1. The second-order valence-corrected chi connectivity index (χ2v) is 7.72. The lowest BCUT2D eigenvalue weighted by Gasteiger charge is -2.32. The summed E-state index contributed by atoms with van der Waals surface area (Å²) in [4.78, 5) is 37.8. The molecule has 3 aromatic rings. The molecule has 9 heteroatoms. The van der Waals surface area contributed by atoms with Crippen LogP contribution >= 0.6 is 0 Å². The van der Waals surface area contributed by atoms with Crippen molar-refractivity contribution in [2.75, 3.05) is 44.2 Å². The molecular weight excluding hydrogens is 396 g/mol. The molecule has 1 fully saturated rings. The van der Waals surface area contributed by atoms with Gasteiger partial charge in [-0.15, -0.1) is 0 Å². The smallest absolute Gasteiger partial charge is 0.274 e. The minimum Gasteiger partial charge on any atom is -0.369 e. The molecule has 160 valence electrons. The van der Waals surface area contributed by atoms with E-state index in [2.05, 4.69) is 38.4 Å². The molecule has 0 bridgehead atoms. The molecule has 0 aliphatic carbocycles. The molecule has 1 unspecified atom stereocenters. The van der Waals surface area contributed by atoms with E-state index in [-0.39, 0.29) is 18.4 Å². The quantitative estimate of drug-likeness (QED) is 0.655. The van der Waals surface area contributed by atoms with Crippen LogP contribution in [0.3, 0.4) is 0 Å². The Bertz CT molecular complexity index is 1080. The summed E-state index contributed by atoms with van der Waals surface area (Å²) in [6, 6.07) is 10.1. The molecule has 1 N–H and O–H groups in total. The number of aromatic nitrogens is 3. The van der Waals surface area contributed by atoms with Gasteiger partial charge in [0, 0.05) is 50.5 Å². The SMILES string of the molecule is O=C(NCCN1CCc2ccccc21)C1CN(C(=O)c2cn3cccnc3n2)CCO1. The van der Waals surface area contributed by atoms with Gasteiger partial charge in [0.2, 0.25) is 5.78 Å². The van der Waals surface area contributed by atoms with Crippen LogP contribution in [0.5, 0.6) is 0 Å². The number of carbonyl (C=O) groups is 2. The monoisotopic (exact) mass is 420 g/mol. The van der Waals surface area contributed by atoms with E-state index in [4.69, 9.17) is 4.74 Å². The highest BCUT2D eigenvalue weighted by atomic mass is 16.5. The summed E-state index contributed by atoms with van der Waals surface area (Å²) in [5.41, 5.74) is 2.90. The number of morpholine rings is 1. The van der Waals surface area contributed by atoms with Crippen molar-refractivity contribution < 1.29 is 14.3 Å². The number of anilines is 1. The van der Waals surface area contributed by atoms with E-state index in [1.165, 1.54) is 11.3 Å². The summed E-state index contributed by atoms with van der Waals surface area (Å²) in [6.07, 6.45) is 5.43. The van der Waals surface area contributed by atoms with Crippen molar-refractivity contribution in [1.29, 1.82) is 0 Å². The van der Waals surface area contributed by atoms with Crippen molar-refractivity contribution in [3.8, 4) is 0 Å². The minimum absolute atomic E-state index is 0.193. The van der Waals surface area contributed by atoms with Crippen LogP contribution in [0.2, 0.25) is 0 Å². The number of carbonyl (C=O) groups excluding carboxylic acids is 2. The molecule has 2 aromatic heterocycles. The Hall–Kier alpha value is -3.46. The van der Waals surface area contributed by atoms with Crippen LogP contribution in [0, 0.1) is 0 Å². The van der Waals surface area contributed by atoms with Gasteiger partial charge in [-0.2, -0.15) is 0 Å². The topological polar surface area (TPSA) is 92.1 Å². The second kappa shape index (κ2) is 8.35. The molecule has 5 rings (SSSR count). The molecular formula is C22H24N6O3. The summed E-state index contributed by atoms with van der Waals surface area (Å²) in [5.74, 6) is 0.0545. The Morgan fingerprint density at radius 3 is 3.00 bits per heavy atom. The number of fused-ring (bicyclic) bond motifs is 2. The number of hydrogen-bond acceptors (Lipinski definition) is 6. The number of amides is 2. The van der Waals surface area contributed by atoms with E-state index < -0.39 is 6.10 Å². The van der Waals surface area contributed by atoms with Crippen molar-refractivity contribution in [3.05, 3.63) is 60.2 Å². The lowest BCUT2D eigenvalue weighted by Crippen LogP contribution is -2.52.